The molecular weight excluding hydrogens is 364 g/mol. The normalized spacial score (nSPS) is 15.3. The molecule has 0 unspecified atom stereocenters. The molecule has 0 amide bonds. The van der Waals surface area contributed by atoms with Crippen LogP contribution in [0.1, 0.15) is 123 Å². The fourth-order valence-electron chi connectivity index (χ4n) is 4.94. The van der Waals surface area contributed by atoms with Gasteiger partial charge in [0.1, 0.15) is 0 Å². The fraction of sp³-hybridized carbons (Fsp3) is 0.786. The molecule has 2 heteroatoms. The highest BCUT2D eigenvalue weighted by atomic mass is 15.2. The monoisotopic (exact) mass is 414 g/mol. The maximum atomic E-state index is 3.76. The van der Waals surface area contributed by atoms with E-state index in [0.29, 0.717) is 12.1 Å². The first-order chi connectivity index (χ1) is 14.7. The Labute approximate surface area is 188 Å². The molecule has 30 heavy (non-hydrogen) atoms. The van der Waals surface area contributed by atoms with Crippen LogP contribution in [0.25, 0.3) is 0 Å². The van der Waals surface area contributed by atoms with Crippen LogP contribution in [0, 0.1) is 0 Å². The zero-order valence-electron chi connectivity index (χ0n) is 20.6. The second-order valence-corrected chi connectivity index (χ2v) is 9.79. The Hall–Kier alpha value is -1.18. The third kappa shape index (κ3) is 8.90. The Bertz CT molecular complexity index is 568. The van der Waals surface area contributed by atoms with Crippen molar-refractivity contribution in [3.8, 4) is 0 Å². The van der Waals surface area contributed by atoms with Gasteiger partial charge in [-0.15, -0.1) is 0 Å². The molecule has 2 rings (SSSR count). The third-order valence-electron chi connectivity index (χ3n) is 6.92. The topological polar surface area (TPSA) is 15.3 Å². The Morgan fingerprint density at radius 1 is 0.800 bits per heavy atom. The summed E-state index contributed by atoms with van der Waals surface area (Å²) in [5, 5.41) is 3.76. The summed E-state index contributed by atoms with van der Waals surface area (Å²) >= 11 is 0. The molecule has 172 valence electrons. The number of rotatable bonds is 17. The number of hydrogen-bond acceptors (Lipinski definition) is 2. The van der Waals surface area contributed by atoms with E-state index in [1.807, 2.05) is 0 Å². The predicted molar refractivity (Wildman–Crippen MR) is 136 cm³/mol. The second-order valence-electron chi connectivity index (χ2n) is 9.79. The van der Waals surface area contributed by atoms with E-state index < -0.39 is 0 Å². The van der Waals surface area contributed by atoms with Crippen molar-refractivity contribution in [2.45, 2.75) is 136 Å². The van der Waals surface area contributed by atoms with E-state index in [-0.39, 0.29) is 0 Å². The van der Waals surface area contributed by atoms with Crippen LogP contribution in [0.2, 0.25) is 0 Å². The molecule has 0 aliphatic carbocycles. The zero-order valence-corrected chi connectivity index (χ0v) is 20.6. The van der Waals surface area contributed by atoms with Crippen molar-refractivity contribution in [2.24, 2.45) is 0 Å². The van der Waals surface area contributed by atoms with Gasteiger partial charge in [0.05, 0.1) is 0 Å². The minimum atomic E-state index is 0.568. The number of hydrogen-bond donors (Lipinski definition) is 1. The highest BCUT2D eigenvalue weighted by Gasteiger charge is 2.23. The molecular formula is C28H50N2. The predicted octanol–water partition coefficient (Wildman–Crippen LogP) is 8.74. The zero-order chi connectivity index (χ0) is 21.6. The Balaban J connectivity index is 1.71. The van der Waals surface area contributed by atoms with Crippen molar-refractivity contribution in [1.82, 2.24) is 0 Å². The molecule has 2 atom stereocenters. The number of fused-ring (bicyclic) bond motifs is 1. The van der Waals surface area contributed by atoms with Crippen LogP contribution in [-0.4, -0.2) is 18.6 Å². The smallest absolute Gasteiger partial charge is 0.0403 e. The summed E-state index contributed by atoms with van der Waals surface area (Å²) in [7, 11) is 0. The number of benzene rings is 1. The van der Waals surface area contributed by atoms with E-state index in [2.05, 4.69) is 56.1 Å². The van der Waals surface area contributed by atoms with Gasteiger partial charge in [-0.3, -0.25) is 0 Å². The van der Waals surface area contributed by atoms with Gasteiger partial charge in [-0.2, -0.15) is 0 Å². The van der Waals surface area contributed by atoms with Crippen molar-refractivity contribution in [1.29, 1.82) is 0 Å². The van der Waals surface area contributed by atoms with Gasteiger partial charge in [0, 0.05) is 30.0 Å². The summed E-state index contributed by atoms with van der Waals surface area (Å²) < 4.78 is 0. The lowest BCUT2D eigenvalue weighted by molar-refractivity contribution is 0.532. The Kier molecular flexibility index (Phi) is 12.3. The van der Waals surface area contributed by atoms with Crippen LogP contribution in [-0.2, 0) is 6.42 Å². The van der Waals surface area contributed by atoms with Gasteiger partial charge < -0.3 is 10.2 Å². The number of nitrogens with zero attached hydrogens (tertiary/aromatic N) is 1. The Morgan fingerprint density at radius 3 is 2.07 bits per heavy atom. The lowest BCUT2D eigenvalue weighted by Crippen LogP contribution is -2.31. The molecule has 1 N–H and O–H groups in total. The van der Waals surface area contributed by atoms with Crippen molar-refractivity contribution in [3.63, 3.8) is 0 Å². The molecule has 1 aliphatic rings. The molecule has 1 aromatic rings. The van der Waals surface area contributed by atoms with Gasteiger partial charge in [0.15, 0.2) is 0 Å². The molecule has 0 saturated heterocycles. The molecule has 0 fully saturated rings. The molecule has 0 aromatic heterocycles. The van der Waals surface area contributed by atoms with Crippen LogP contribution in [0.4, 0.5) is 11.4 Å². The summed E-state index contributed by atoms with van der Waals surface area (Å²) in [5.74, 6) is 0. The molecule has 0 bridgehead atoms. The van der Waals surface area contributed by atoms with Crippen LogP contribution in [0.15, 0.2) is 18.2 Å². The minimum Gasteiger partial charge on any atom is -0.383 e. The lowest BCUT2D eigenvalue weighted by Gasteiger charge is -2.27. The van der Waals surface area contributed by atoms with E-state index in [0.717, 1.165) is 0 Å². The van der Waals surface area contributed by atoms with E-state index in [1.54, 1.807) is 5.56 Å². The van der Waals surface area contributed by atoms with E-state index in [4.69, 9.17) is 0 Å². The fourth-order valence-corrected chi connectivity index (χ4v) is 4.94. The van der Waals surface area contributed by atoms with Gasteiger partial charge in [-0.05, 0) is 56.9 Å². The van der Waals surface area contributed by atoms with E-state index in [1.165, 1.54) is 114 Å². The summed E-state index contributed by atoms with van der Waals surface area (Å²) in [6, 6.07) is 8.35. The van der Waals surface area contributed by atoms with Crippen LogP contribution in [0.5, 0.6) is 0 Å². The molecule has 1 heterocycles. The standard InChI is InChI=1S/C28H50N2/c1-5-7-9-11-13-15-17-24(3)29-27-19-20-28-26(23-27)21-22-30(28)25(4)18-16-14-12-10-8-6-2/h19-20,23-25,29H,5-18,21-22H2,1-4H3/t24-,25+/m0/s1. The van der Waals surface area contributed by atoms with Crippen LogP contribution in [0.3, 0.4) is 0 Å². The number of unbranched alkanes of at least 4 members (excludes halogenated alkanes) is 10. The maximum absolute atomic E-state index is 3.76. The molecule has 2 nitrogen and oxygen atoms in total. The number of anilines is 2. The van der Waals surface area contributed by atoms with Gasteiger partial charge >= 0.3 is 0 Å². The third-order valence-corrected chi connectivity index (χ3v) is 6.92. The average molecular weight is 415 g/mol. The average Bonchev–Trinajstić information content (AvgIpc) is 3.16. The molecule has 0 spiro atoms. The number of nitrogens with one attached hydrogen (secondary N) is 1. The van der Waals surface area contributed by atoms with Gasteiger partial charge in [0.2, 0.25) is 0 Å². The van der Waals surface area contributed by atoms with Crippen molar-refractivity contribution < 1.29 is 0 Å². The molecule has 0 radical (unpaired) electrons. The minimum absolute atomic E-state index is 0.568. The first-order valence-electron chi connectivity index (χ1n) is 13.3. The Morgan fingerprint density at radius 2 is 1.40 bits per heavy atom. The van der Waals surface area contributed by atoms with Gasteiger partial charge in [-0.1, -0.05) is 90.9 Å². The molecule has 0 saturated carbocycles. The van der Waals surface area contributed by atoms with Crippen LogP contribution >= 0.6 is 0 Å². The molecule has 1 aliphatic heterocycles. The van der Waals surface area contributed by atoms with Crippen molar-refractivity contribution >= 4 is 11.4 Å². The summed E-state index contributed by atoms with van der Waals surface area (Å²) in [4.78, 5) is 2.66. The summed E-state index contributed by atoms with van der Waals surface area (Å²) in [6.45, 7) is 10.6. The van der Waals surface area contributed by atoms with E-state index in [9.17, 15) is 0 Å². The molecule has 1 aromatic carbocycles. The summed E-state index contributed by atoms with van der Waals surface area (Å²) in [5.41, 5.74) is 4.35. The lowest BCUT2D eigenvalue weighted by atomic mass is 10.0. The van der Waals surface area contributed by atoms with Gasteiger partial charge in [0.25, 0.3) is 0 Å². The van der Waals surface area contributed by atoms with Crippen LogP contribution < -0.4 is 10.2 Å². The second kappa shape index (κ2) is 14.8. The maximum Gasteiger partial charge on any atom is 0.0403 e. The van der Waals surface area contributed by atoms with Gasteiger partial charge in [-0.25, -0.2) is 0 Å². The summed E-state index contributed by atoms with van der Waals surface area (Å²) in [6.07, 6.45) is 20.5. The first kappa shape index (κ1) is 25.1. The highest BCUT2D eigenvalue weighted by molar-refractivity contribution is 5.64. The highest BCUT2D eigenvalue weighted by Crippen LogP contribution is 2.33. The first-order valence-corrected chi connectivity index (χ1v) is 13.3. The largest absolute Gasteiger partial charge is 0.383 e. The van der Waals surface area contributed by atoms with E-state index >= 15 is 0 Å². The van der Waals surface area contributed by atoms with Crippen molar-refractivity contribution in [3.05, 3.63) is 23.8 Å². The quantitative estimate of drug-likeness (QED) is 0.256. The van der Waals surface area contributed by atoms with Crippen molar-refractivity contribution in [2.75, 3.05) is 16.8 Å². The SMILES string of the molecule is CCCCCCCC[C@@H](C)N1CCc2cc(N[C@@H](C)CCCCCCCC)ccc21.